The van der Waals surface area contributed by atoms with E-state index in [1.165, 1.54) is 0 Å². The van der Waals surface area contributed by atoms with Crippen LogP contribution in [-0.4, -0.2) is 41.3 Å². The average molecular weight is 395 g/mol. The Labute approximate surface area is 172 Å². The van der Waals surface area contributed by atoms with Crippen LogP contribution < -0.4 is 10.6 Å². The molecule has 0 unspecified atom stereocenters. The van der Waals surface area contributed by atoms with Crippen molar-refractivity contribution >= 4 is 34.8 Å². The van der Waals surface area contributed by atoms with Gasteiger partial charge in [-0.1, -0.05) is 25.5 Å². The molecule has 0 spiro atoms. The van der Waals surface area contributed by atoms with Crippen molar-refractivity contribution in [3.63, 3.8) is 0 Å². The fourth-order valence-corrected chi connectivity index (χ4v) is 3.70. The molecule has 1 aromatic carbocycles. The highest BCUT2D eigenvalue weighted by Crippen LogP contribution is 2.35. The SMILES string of the molecule is CCN(CC)CCC(=O)Nc1c(C)[nH]c(/C=C2\C(=O)Nc3ccc(C)cc32)c1C. The van der Waals surface area contributed by atoms with Crippen LogP contribution in [0.25, 0.3) is 11.6 Å². The Bertz CT molecular complexity index is 967. The number of carbonyl (C=O) groups is 2. The number of benzene rings is 1. The Morgan fingerprint density at radius 3 is 2.59 bits per heavy atom. The lowest BCUT2D eigenvalue weighted by Gasteiger charge is -2.17. The number of nitrogens with zero attached hydrogens (tertiary/aromatic N) is 1. The fraction of sp³-hybridized carbons (Fsp3) is 0.391. The van der Waals surface area contributed by atoms with E-state index in [4.69, 9.17) is 0 Å². The molecule has 0 saturated heterocycles. The Morgan fingerprint density at radius 2 is 1.90 bits per heavy atom. The number of amides is 2. The van der Waals surface area contributed by atoms with E-state index >= 15 is 0 Å². The highest BCUT2D eigenvalue weighted by atomic mass is 16.2. The smallest absolute Gasteiger partial charge is 0.256 e. The fourth-order valence-electron chi connectivity index (χ4n) is 3.70. The lowest BCUT2D eigenvalue weighted by molar-refractivity contribution is -0.116. The van der Waals surface area contributed by atoms with Gasteiger partial charge in [0.05, 0.1) is 11.3 Å². The van der Waals surface area contributed by atoms with Gasteiger partial charge < -0.3 is 20.5 Å². The molecule has 6 heteroatoms. The van der Waals surface area contributed by atoms with Crippen molar-refractivity contribution in [3.05, 3.63) is 46.3 Å². The van der Waals surface area contributed by atoms with Crippen LogP contribution in [0.5, 0.6) is 0 Å². The van der Waals surface area contributed by atoms with Crippen molar-refractivity contribution < 1.29 is 9.59 Å². The lowest BCUT2D eigenvalue weighted by atomic mass is 10.0. The molecule has 0 saturated carbocycles. The largest absolute Gasteiger partial charge is 0.357 e. The molecule has 2 aromatic rings. The average Bonchev–Trinajstić information content (AvgIpc) is 3.13. The Balaban J connectivity index is 1.82. The van der Waals surface area contributed by atoms with E-state index in [0.29, 0.717) is 12.0 Å². The summed E-state index contributed by atoms with van der Waals surface area (Å²) in [5.74, 6) is -0.108. The third kappa shape index (κ3) is 4.43. The van der Waals surface area contributed by atoms with Crippen LogP contribution in [0.1, 0.15) is 48.3 Å². The maximum atomic E-state index is 12.5. The number of anilines is 2. The molecule has 154 valence electrons. The van der Waals surface area contributed by atoms with Crippen molar-refractivity contribution in [3.8, 4) is 0 Å². The first-order valence-corrected chi connectivity index (χ1v) is 10.2. The van der Waals surface area contributed by atoms with Gasteiger partial charge in [-0.2, -0.15) is 0 Å². The van der Waals surface area contributed by atoms with Crippen molar-refractivity contribution in [2.24, 2.45) is 0 Å². The topological polar surface area (TPSA) is 77.2 Å². The van der Waals surface area contributed by atoms with E-state index in [1.807, 2.05) is 45.0 Å². The first-order valence-electron chi connectivity index (χ1n) is 10.2. The summed E-state index contributed by atoms with van der Waals surface area (Å²) in [6.07, 6.45) is 2.33. The summed E-state index contributed by atoms with van der Waals surface area (Å²) >= 11 is 0. The molecule has 0 fully saturated rings. The van der Waals surface area contributed by atoms with E-state index < -0.39 is 0 Å². The van der Waals surface area contributed by atoms with Crippen LogP contribution >= 0.6 is 0 Å². The van der Waals surface area contributed by atoms with Crippen molar-refractivity contribution in [2.75, 3.05) is 30.3 Å². The number of aromatic amines is 1. The summed E-state index contributed by atoms with van der Waals surface area (Å²) in [6, 6.07) is 5.93. The van der Waals surface area contributed by atoms with E-state index in [0.717, 1.165) is 59.1 Å². The summed E-state index contributed by atoms with van der Waals surface area (Å²) in [6.45, 7) is 12.7. The molecule has 0 atom stereocenters. The summed E-state index contributed by atoms with van der Waals surface area (Å²) < 4.78 is 0. The van der Waals surface area contributed by atoms with Gasteiger partial charge in [0, 0.05) is 35.6 Å². The van der Waals surface area contributed by atoms with Gasteiger partial charge in [0.1, 0.15) is 0 Å². The zero-order valence-electron chi connectivity index (χ0n) is 17.9. The van der Waals surface area contributed by atoms with Crippen LogP contribution in [0.15, 0.2) is 18.2 Å². The second kappa shape index (κ2) is 8.66. The summed E-state index contributed by atoms with van der Waals surface area (Å²) in [7, 11) is 0. The second-order valence-corrected chi connectivity index (χ2v) is 7.55. The quantitative estimate of drug-likeness (QED) is 0.619. The molecular formula is C23H30N4O2. The summed E-state index contributed by atoms with van der Waals surface area (Å²) in [4.78, 5) is 30.4. The lowest BCUT2D eigenvalue weighted by Crippen LogP contribution is -2.27. The molecule has 6 nitrogen and oxygen atoms in total. The third-order valence-electron chi connectivity index (χ3n) is 5.54. The number of hydrogen-bond acceptors (Lipinski definition) is 3. The molecule has 1 aromatic heterocycles. The third-order valence-corrected chi connectivity index (χ3v) is 5.54. The first kappa shape index (κ1) is 20.9. The van der Waals surface area contributed by atoms with E-state index in [1.54, 1.807) is 0 Å². The number of nitrogens with one attached hydrogen (secondary N) is 3. The van der Waals surface area contributed by atoms with Gasteiger partial charge in [0.15, 0.2) is 0 Å². The Hall–Kier alpha value is -2.86. The van der Waals surface area contributed by atoms with Gasteiger partial charge >= 0.3 is 0 Å². The van der Waals surface area contributed by atoms with Crippen LogP contribution in [0, 0.1) is 20.8 Å². The molecular weight excluding hydrogens is 364 g/mol. The molecule has 0 aliphatic carbocycles. The molecule has 29 heavy (non-hydrogen) atoms. The zero-order chi connectivity index (χ0) is 21.1. The Morgan fingerprint density at radius 1 is 1.17 bits per heavy atom. The second-order valence-electron chi connectivity index (χ2n) is 7.55. The number of H-pyrrole nitrogens is 1. The monoisotopic (exact) mass is 394 g/mol. The van der Waals surface area contributed by atoms with Gasteiger partial charge in [-0.15, -0.1) is 0 Å². The maximum absolute atomic E-state index is 12.5. The molecule has 1 aliphatic heterocycles. The van der Waals surface area contributed by atoms with Crippen LogP contribution in [0.2, 0.25) is 0 Å². The van der Waals surface area contributed by atoms with E-state index in [2.05, 4.69) is 34.4 Å². The number of rotatable bonds is 7. The number of aryl methyl sites for hydroxylation is 2. The number of carbonyl (C=O) groups excluding carboxylic acids is 2. The number of aromatic nitrogens is 1. The minimum absolute atomic E-state index is 0.000818. The molecule has 3 N–H and O–H groups in total. The van der Waals surface area contributed by atoms with Crippen LogP contribution in [0.3, 0.4) is 0 Å². The maximum Gasteiger partial charge on any atom is 0.256 e. The number of fused-ring (bicyclic) bond motifs is 1. The van der Waals surface area contributed by atoms with Gasteiger partial charge in [0.25, 0.3) is 5.91 Å². The molecule has 0 radical (unpaired) electrons. The van der Waals surface area contributed by atoms with Gasteiger partial charge in [-0.05, 0) is 57.6 Å². The number of hydrogen-bond donors (Lipinski definition) is 3. The molecule has 0 bridgehead atoms. The van der Waals surface area contributed by atoms with Gasteiger partial charge in [-0.3, -0.25) is 9.59 Å². The normalized spacial score (nSPS) is 14.4. The molecule has 1 aliphatic rings. The minimum atomic E-state index is -0.109. The predicted molar refractivity (Wildman–Crippen MR) is 119 cm³/mol. The van der Waals surface area contributed by atoms with Gasteiger partial charge in [0.2, 0.25) is 5.91 Å². The molecule has 2 amide bonds. The standard InChI is InChI=1S/C23H30N4O2/c1-6-27(7-2)11-10-21(28)26-22-15(4)20(24-16(22)5)13-18-17-12-14(3)8-9-19(17)25-23(18)29/h8-9,12-13,24H,6-7,10-11H2,1-5H3,(H,25,29)(H,26,28)/b18-13-. The predicted octanol–water partition coefficient (Wildman–Crippen LogP) is 4.10. The summed E-state index contributed by atoms with van der Waals surface area (Å²) in [5, 5.41) is 5.95. The summed E-state index contributed by atoms with van der Waals surface area (Å²) in [5.41, 5.74) is 6.92. The molecule has 2 heterocycles. The Kier molecular flexibility index (Phi) is 6.23. The van der Waals surface area contributed by atoms with Crippen molar-refractivity contribution in [2.45, 2.75) is 41.0 Å². The van der Waals surface area contributed by atoms with Crippen LogP contribution in [0.4, 0.5) is 11.4 Å². The minimum Gasteiger partial charge on any atom is -0.357 e. The van der Waals surface area contributed by atoms with Crippen molar-refractivity contribution in [1.82, 2.24) is 9.88 Å². The highest BCUT2D eigenvalue weighted by molar-refractivity contribution is 6.35. The molecule has 3 rings (SSSR count). The van der Waals surface area contributed by atoms with E-state index in [9.17, 15) is 9.59 Å². The first-order chi connectivity index (χ1) is 13.8. The van der Waals surface area contributed by atoms with Crippen LogP contribution in [-0.2, 0) is 9.59 Å². The van der Waals surface area contributed by atoms with Gasteiger partial charge in [-0.25, -0.2) is 0 Å². The van der Waals surface area contributed by atoms with Crippen molar-refractivity contribution in [1.29, 1.82) is 0 Å². The van der Waals surface area contributed by atoms with E-state index in [-0.39, 0.29) is 11.8 Å². The highest BCUT2D eigenvalue weighted by Gasteiger charge is 2.25. The zero-order valence-corrected chi connectivity index (χ0v) is 17.9.